The molecule has 32 heavy (non-hydrogen) atoms. The highest BCUT2D eigenvalue weighted by molar-refractivity contribution is 8.11. The van der Waals surface area contributed by atoms with Gasteiger partial charge in [-0.25, -0.2) is 9.59 Å². The van der Waals surface area contributed by atoms with E-state index in [0.29, 0.717) is 24.8 Å². The third kappa shape index (κ3) is 6.55. The second kappa shape index (κ2) is 10.0. The number of allylic oxidation sites excluding steroid dienone is 3. The van der Waals surface area contributed by atoms with Gasteiger partial charge in [0, 0.05) is 11.4 Å². The van der Waals surface area contributed by atoms with Crippen LogP contribution in [0.2, 0.25) is 0 Å². The average molecular weight is 460 g/mol. The molecule has 0 radical (unpaired) electrons. The molecule has 174 valence electrons. The van der Waals surface area contributed by atoms with E-state index in [9.17, 15) is 14.7 Å². The molecule has 0 bridgehead atoms. The summed E-state index contributed by atoms with van der Waals surface area (Å²) in [6, 6.07) is 5.03. The van der Waals surface area contributed by atoms with Crippen LogP contribution >= 0.6 is 11.8 Å². The van der Waals surface area contributed by atoms with Crippen LogP contribution in [0, 0.1) is 5.92 Å². The van der Waals surface area contributed by atoms with E-state index in [1.807, 2.05) is 26.8 Å². The lowest BCUT2D eigenvalue weighted by molar-refractivity contribution is 0.0187. The van der Waals surface area contributed by atoms with Crippen molar-refractivity contribution in [3.63, 3.8) is 0 Å². The molecule has 1 aromatic carbocycles. The fraction of sp³-hybridized carbons (Fsp3) is 0.520. The Morgan fingerprint density at radius 2 is 2.00 bits per heavy atom. The summed E-state index contributed by atoms with van der Waals surface area (Å²) in [6.07, 6.45) is 6.68. The van der Waals surface area contributed by atoms with E-state index in [4.69, 9.17) is 9.47 Å². The van der Waals surface area contributed by atoms with Crippen LogP contribution < -0.4 is 4.74 Å². The fourth-order valence-corrected chi connectivity index (χ4v) is 4.96. The van der Waals surface area contributed by atoms with Gasteiger partial charge in [0.15, 0.2) is 0 Å². The highest BCUT2D eigenvalue weighted by atomic mass is 32.2. The van der Waals surface area contributed by atoms with Gasteiger partial charge in [0.2, 0.25) is 0 Å². The number of carboxylic acid groups (broad SMARTS) is 1. The van der Waals surface area contributed by atoms with Gasteiger partial charge in [-0.3, -0.25) is 0 Å². The molecule has 3 rings (SSSR count). The standard InChI is InChI=1S/C25H33NO5S/c1-16-8-9-22(32-17(2)11-16)18-12-19(23(27)28)14-21(13-18)30-15-20-7-6-10-26(20)24(29)31-25(3,4)5/h9,11-14,16,20H,6-8,10,15H2,1-5H3,(H,27,28)/t16?,20-/m0/s1. The zero-order valence-electron chi connectivity index (χ0n) is 19.5. The fourth-order valence-electron chi connectivity index (χ4n) is 3.90. The minimum absolute atomic E-state index is 0.0979. The number of ether oxygens (including phenoxy) is 2. The Balaban J connectivity index is 1.77. The predicted molar refractivity (Wildman–Crippen MR) is 128 cm³/mol. The number of rotatable bonds is 5. The number of carboxylic acids is 1. The monoisotopic (exact) mass is 459 g/mol. The summed E-state index contributed by atoms with van der Waals surface area (Å²) in [7, 11) is 0. The van der Waals surface area contributed by atoms with Gasteiger partial charge in [-0.2, -0.15) is 0 Å². The topological polar surface area (TPSA) is 76.1 Å². The second-order valence-corrected chi connectivity index (χ2v) is 10.8. The van der Waals surface area contributed by atoms with Gasteiger partial charge in [0.25, 0.3) is 0 Å². The van der Waals surface area contributed by atoms with Crippen LogP contribution in [0.1, 0.15) is 69.8 Å². The van der Waals surface area contributed by atoms with E-state index in [2.05, 4.69) is 26.0 Å². The molecular formula is C25H33NO5S. The van der Waals surface area contributed by atoms with Crippen molar-refractivity contribution >= 4 is 28.7 Å². The number of hydrogen-bond acceptors (Lipinski definition) is 5. The van der Waals surface area contributed by atoms with Crippen LogP contribution in [0.3, 0.4) is 0 Å². The van der Waals surface area contributed by atoms with Crippen molar-refractivity contribution in [1.82, 2.24) is 4.90 Å². The Kier molecular flexibility index (Phi) is 7.59. The number of benzene rings is 1. The third-order valence-electron chi connectivity index (χ3n) is 5.35. The summed E-state index contributed by atoms with van der Waals surface area (Å²) in [4.78, 5) is 28.2. The first-order valence-electron chi connectivity index (χ1n) is 11.1. The molecular weight excluding hydrogens is 426 g/mol. The lowest BCUT2D eigenvalue weighted by atomic mass is 10.0. The van der Waals surface area contributed by atoms with Gasteiger partial charge in [-0.1, -0.05) is 30.8 Å². The Morgan fingerprint density at radius 1 is 1.25 bits per heavy atom. The number of carbonyl (C=O) groups excluding carboxylic acids is 1. The van der Waals surface area contributed by atoms with Crippen molar-refractivity contribution in [2.45, 2.75) is 65.5 Å². The average Bonchev–Trinajstić information content (AvgIpc) is 3.09. The summed E-state index contributed by atoms with van der Waals surface area (Å²) >= 11 is 1.65. The lowest BCUT2D eigenvalue weighted by Gasteiger charge is -2.28. The molecule has 1 unspecified atom stereocenters. The molecule has 1 fully saturated rings. The molecule has 7 heteroatoms. The zero-order valence-corrected chi connectivity index (χ0v) is 20.3. The van der Waals surface area contributed by atoms with E-state index in [1.165, 1.54) is 4.91 Å². The van der Waals surface area contributed by atoms with Crippen molar-refractivity contribution < 1.29 is 24.2 Å². The SMILES string of the molecule is CC1=CC(C)CC=C(c2cc(OC[C@@H]3CCCN3C(=O)OC(C)(C)C)cc(C(=O)O)c2)S1. The molecule has 1 aromatic rings. The highest BCUT2D eigenvalue weighted by Gasteiger charge is 2.32. The molecule has 2 heterocycles. The van der Waals surface area contributed by atoms with Gasteiger partial charge in [0.1, 0.15) is 18.0 Å². The summed E-state index contributed by atoms with van der Waals surface area (Å²) in [6.45, 7) is 10.7. The maximum absolute atomic E-state index is 12.5. The number of likely N-dealkylation sites (tertiary alicyclic amines) is 1. The molecule has 0 saturated carbocycles. The Bertz CT molecular complexity index is 931. The lowest BCUT2D eigenvalue weighted by Crippen LogP contribution is -2.42. The number of hydrogen-bond donors (Lipinski definition) is 1. The highest BCUT2D eigenvalue weighted by Crippen LogP contribution is 2.39. The molecule has 2 atom stereocenters. The molecule has 2 aliphatic heterocycles. The summed E-state index contributed by atoms with van der Waals surface area (Å²) in [5, 5.41) is 9.62. The van der Waals surface area contributed by atoms with Gasteiger partial charge in [-0.15, -0.1) is 0 Å². The summed E-state index contributed by atoms with van der Waals surface area (Å²) in [5.74, 6) is -0.0521. The first kappa shape index (κ1) is 24.2. The molecule has 0 aromatic heterocycles. The Morgan fingerprint density at radius 3 is 2.69 bits per heavy atom. The minimum atomic E-state index is -0.993. The van der Waals surface area contributed by atoms with Crippen molar-refractivity contribution in [3.05, 3.63) is 46.4 Å². The number of nitrogens with zero attached hydrogens (tertiary/aromatic N) is 1. The first-order valence-corrected chi connectivity index (χ1v) is 11.9. The van der Waals surface area contributed by atoms with E-state index in [0.717, 1.165) is 29.7 Å². The maximum Gasteiger partial charge on any atom is 0.410 e. The van der Waals surface area contributed by atoms with Gasteiger partial charge in [0.05, 0.1) is 11.6 Å². The number of carbonyl (C=O) groups is 2. The normalized spacial score (nSPS) is 21.5. The van der Waals surface area contributed by atoms with Crippen LogP contribution in [0.15, 0.2) is 35.3 Å². The van der Waals surface area contributed by atoms with Gasteiger partial charge >= 0.3 is 12.1 Å². The number of aromatic carboxylic acids is 1. The van der Waals surface area contributed by atoms with Crippen LogP contribution in [-0.2, 0) is 4.74 Å². The van der Waals surface area contributed by atoms with Crippen molar-refractivity contribution in [2.75, 3.05) is 13.2 Å². The van der Waals surface area contributed by atoms with Crippen molar-refractivity contribution in [1.29, 1.82) is 0 Å². The molecule has 2 aliphatic rings. The summed E-state index contributed by atoms with van der Waals surface area (Å²) < 4.78 is 11.6. The Labute approximate surface area is 194 Å². The molecule has 6 nitrogen and oxygen atoms in total. The van der Waals surface area contributed by atoms with Crippen molar-refractivity contribution in [2.24, 2.45) is 5.92 Å². The van der Waals surface area contributed by atoms with Gasteiger partial charge < -0.3 is 19.5 Å². The van der Waals surface area contributed by atoms with E-state index in [-0.39, 0.29) is 17.7 Å². The second-order valence-electron chi connectivity index (χ2n) is 9.49. The van der Waals surface area contributed by atoms with Crippen LogP contribution in [0.4, 0.5) is 4.79 Å². The minimum Gasteiger partial charge on any atom is -0.491 e. The molecule has 1 N–H and O–H groups in total. The molecule has 1 saturated heterocycles. The van der Waals surface area contributed by atoms with Gasteiger partial charge in [-0.05, 0) is 81.5 Å². The summed E-state index contributed by atoms with van der Waals surface area (Å²) in [5.41, 5.74) is 0.472. The smallest absolute Gasteiger partial charge is 0.410 e. The molecule has 1 amide bonds. The number of thioether (sulfide) groups is 1. The quantitative estimate of drug-likeness (QED) is 0.566. The van der Waals surface area contributed by atoms with Crippen LogP contribution in [0.25, 0.3) is 4.91 Å². The van der Waals surface area contributed by atoms with E-state index < -0.39 is 11.6 Å². The Hall–Kier alpha value is -2.41. The third-order valence-corrected chi connectivity index (χ3v) is 6.43. The van der Waals surface area contributed by atoms with Crippen LogP contribution in [-0.4, -0.2) is 46.9 Å². The predicted octanol–water partition coefficient (Wildman–Crippen LogP) is 6.18. The zero-order chi connectivity index (χ0) is 23.5. The largest absolute Gasteiger partial charge is 0.491 e. The van der Waals surface area contributed by atoms with Crippen LogP contribution in [0.5, 0.6) is 5.75 Å². The van der Waals surface area contributed by atoms with E-state index >= 15 is 0 Å². The molecule has 0 aliphatic carbocycles. The first-order chi connectivity index (χ1) is 15.0. The van der Waals surface area contributed by atoms with E-state index in [1.54, 1.807) is 28.8 Å². The number of amides is 1. The van der Waals surface area contributed by atoms with Crippen molar-refractivity contribution in [3.8, 4) is 5.75 Å². The molecule has 0 spiro atoms. The maximum atomic E-state index is 12.5.